The highest BCUT2D eigenvalue weighted by Crippen LogP contribution is 2.13. The predicted octanol–water partition coefficient (Wildman–Crippen LogP) is 2.86. The van der Waals surface area contributed by atoms with Crippen molar-refractivity contribution in [3.05, 3.63) is 0 Å². The van der Waals surface area contributed by atoms with Crippen molar-refractivity contribution >= 4 is 5.91 Å². The summed E-state index contributed by atoms with van der Waals surface area (Å²) in [5.74, 6) is 0.380. The van der Waals surface area contributed by atoms with E-state index in [1.165, 1.54) is 64.2 Å². The Labute approximate surface area is 148 Å². The van der Waals surface area contributed by atoms with E-state index in [2.05, 4.69) is 6.92 Å². The molecule has 0 bridgehead atoms. The van der Waals surface area contributed by atoms with Gasteiger partial charge >= 0.3 is 0 Å². The second-order valence-electron chi connectivity index (χ2n) is 6.69. The van der Waals surface area contributed by atoms with Gasteiger partial charge in [0, 0.05) is 19.5 Å². The Kier molecular flexibility index (Phi) is 16.7. The highest BCUT2D eigenvalue weighted by atomic mass is 16.3. The van der Waals surface area contributed by atoms with Crippen LogP contribution in [-0.4, -0.2) is 58.5 Å². The second kappa shape index (κ2) is 17.2. The first-order valence-corrected chi connectivity index (χ1v) is 9.83. The van der Waals surface area contributed by atoms with Crippen LogP contribution in [0.2, 0.25) is 0 Å². The number of carbonyl (C=O) groups excluding carboxylic acids is 1. The molecule has 1 aliphatic heterocycles. The molecule has 0 unspecified atom stereocenters. The first-order valence-electron chi connectivity index (χ1n) is 9.83. The molecule has 0 aliphatic carbocycles. The number of rotatable bonds is 13. The molecule has 0 spiro atoms. The van der Waals surface area contributed by atoms with Crippen molar-refractivity contribution in [2.45, 2.75) is 90.1 Å². The predicted molar refractivity (Wildman–Crippen MR) is 97.8 cm³/mol. The van der Waals surface area contributed by atoms with E-state index in [0.717, 1.165) is 25.9 Å². The molecule has 0 aromatic rings. The minimum atomic E-state index is -0.954. The van der Waals surface area contributed by atoms with E-state index < -0.39 is 6.10 Å². The summed E-state index contributed by atoms with van der Waals surface area (Å²) in [6.45, 7) is 3.56. The van der Waals surface area contributed by atoms with Crippen LogP contribution in [0.4, 0.5) is 0 Å². The topological polar surface area (TPSA) is 81.0 Å². The summed E-state index contributed by atoms with van der Waals surface area (Å²) in [4.78, 5) is 13.4. The zero-order valence-electron chi connectivity index (χ0n) is 15.6. The summed E-state index contributed by atoms with van der Waals surface area (Å²) in [6, 6.07) is 0. The third-order valence-electron chi connectivity index (χ3n) is 4.37. The lowest BCUT2D eigenvalue weighted by atomic mass is 10.1. The fourth-order valence-electron chi connectivity index (χ4n) is 2.79. The van der Waals surface area contributed by atoms with Crippen LogP contribution in [0.3, 0.4) is 0 Å². The number of hydrogen-bond acceptors (Lipinski definition) is 4. The first kappa shape index (κ1) is 23.4. The van der Waals surface area contributed by atoms with E-state index in [1.807, 2.05) is 4.90 Å². The van der Waals surface area contributed by atoms with E-state index in [1.54, 1.807) is 0 Å². The Bertz CT molecular complexity index is 283. The maximum atomic E-state index is 11.4. The minimum Gasteiger partial charge on any atom is -0.394 e. The van der Waals surface area contributed by atoms with Gasteiger partial charge in [0.2, 0.25) is 5.91 Å². The van der Waals surface area contributed by atoms with Gasteiger partial charge in [0.05, 0.1) is 13.2 Å². The van der Waals surface area contributed by atoms with Gasteiger partial charge < -0.3 is 20.2 Å². The SMILES string of the molecule is CCCCCCCCCCCCN1CCCC1=O.OCC(O)CO. The monoisotopic (exact) mass is 345 g/mol. The first-order chi connectivity index (χ1) is 11.7. The van der Waals surface area contributed by atoms with Crippen molar-refractivity contribution in [2.24, 2.45) is 0 Å². The van der Waals surface area contributed by atoms with Crippen molar-refractivity contribution in [1.82, 2.24) is 4.90 Å². The normalized spacial score (nSPS) is 14.2. The Morgan fingerprint density at radius 1 is 0.917 bits per heavy atom. The third kappa shape index (κ3) is 13.8. The molecule has 0 atom stereocenters. The smallest absolute Gasteiger partial charge is 0.222 e. The molecule has 0 aromatic heterocycles. The van der Waals surface area contributed by atoms with Crippen LogP contribution in [0.15, 0.2) is 0 Å². The maximum absolute atomic E-state index is 11.4. The van der Waals surface area contributed by atoms with Crippen LogP contribution in [0.5, 0.6) is 0 Å². The van der Waals surface area contributed by atoms with E-state index in [9.17, 15) is 4.79 Å². The molecule has 5 nitrogen and oxygen atoms in total. The van der Waals surface area contributed by atoms with Gasteiger partial charge in [-0.05, 0) is 12.8 Å². The van der Waals surface area contributed by atoms with Crippen LogP contribution in [0, 0.1) is 0 Å². The molecule has 144 valence electrons. The summed E-state index contributed by atoms with van der Waals surface area (Å²) in [7, 11) is 0. The summed E-state index contributed by atoms with van der Waals surface area (Å²) in [5.41, 5.74) is 0. The molecular formula is C19H39NO4. The highest BCUT2D eigenvalue weighted by molar-refractivity contribution is 5.77. The van der Waals surface area contributed by atoms with Gasteiger partial charge in [-0.3, -0.25) is 4.79 Å². The maximum Gasteiger partial charge on any atom is 0.222 e. The van der Waals surface area contributed by atoms with E-state index in [4.69, 9.17) is 15.3 Å². The van der Waals surface area contributed by atoms with E-state index in [0.29, 0.717) is 5.91 Å². The van der Waals surface area contributed by atoms with Gasteiger partial charge in [0.1, 0.15) is 6.10 Å². The van der Waals surface area contributed by atoms with Crippen LogP contribution in [-0.2, 0) is 4.79 Å². The number of amides is 1. The van der Waals surface area contributed by atoms with Crippen molar-refractivity contribution < 1.29 is 20.1 Å². The Morgan fingerprint density at radius 2 is 1.42 bits per heavy atom. The Morgan fingerprint density at radius 3 is 1.79 bits per heavy atom. The van der Waals surface area contributed by atoms with Crippen LogP contribution in [0.25, 0.3) is 0 Å². The van der Waals surface area contributed by atoms with Gasteiger partial charge in [0.25, 0.3) is 0 Å². The standard InChI is InChI=1S/C16H31NO.C3H8O3/c1-2-3-4-5-6-7-8-9-10-11-14-17-15-12-13-16(17)18;4-1-3(6)2-5/h2-15H2,1H3;3-6H,1-2H2. The summed E-state index contributed by atoms with van der Waals surface area (Å²) in [6.07, 6.45) is 14.6. The van der Waals surface area contributed by atoms with Gasteiger partial charge in [-0.2, -0.15) is 0 Å². The fraction of sp³-hybridized carbons (Fsp3) is 0.947. The summed E-state index contributed by atoms with van der Waals surface area (Å²) < 4.78 is 0. The Hall–Kier alpha value is -0.650. The lowest BCUT2D eigenvalue weighted by molar-refractivity contribution is -0.127. The molecule has 24 heavy (non-hydrogen) atoms. The molecule has 5 heteroatoms. The number of carbonyl (C=O) groups is 1. The molecule has 1 heterocycles. The van der Waals surface area contributed by atoms with Crippen molar-refractivity contribution in [2.75, 3.05) is 26.3 Å². The third-order valence-corrected chi connectivity index (χ3v) is 4.37. The van der Waals surface area contributed by atoms with Crippen LogP contribution >= 0.6 is 0 Å². The van der Waals surface area contributed by atoms with Crippen molar-refractivity contribution in [3.8, 4) is 0 Å². The number of likely N-dealkylation sites (tertiary alicyclic amines) is 1. The lowest BCUT2D eigenvalue weighted by Crippen LogP contribution is -2.25. The molecule has 1 fully saturated rings. The molecular weight excluding hydrogens is 306 g/mol. The van der Waals surface area contributed by atoms with E-state index >= 15 is 0 Å². The molecule has 1 saturated heterocycles. The number of aliphatic hydroxyl groups is 3. The molecule has 1 aliphatic rings. The zero-order chi connectivity index (χ0) is 18.0. The van der Waals surface area contributed by atoms with Crippen molar-refractivity contribution in [1.29, 1.82) is 0 Å². The van der Waals surface area contributed by atoms with Gasteiger partial charge in [-0.25, -0.2) is 0 Å². The summed E-state index contributed by atoms with van der Waals surface area (Å²) >= 11 is 0. The quantitative estimate of drug-likeness (QED) is 0.448. The molecule has 0 aromatic carbocycles. The zero-order valence-corrected chi connectivity index (χ0v) is 15.6. The molecule has 0 radical (unpaired) electrons. The fourth-order valence-corrected chi connectivity index (χ4v) is 2.79. The Balaban J connectivity index is 0.000000754. The average Bonchev–Trinajstić information content (AvgIpc) is 3.01. The number of hydrogen-bond donors (Lipinski definition) is 3. The number of aliphatic hydroxyl groups excluding tert-OH is 3. The van der Waals surface area contributed by atoms with Crippen molar-refractivity contribution in [3.63, 3.8) is 0 Å². The molecule has 0 saturated carbocycles. The summed E-state index contributed by atoms with van der Waals surface area (Å²) in [5, 5.41) is 24.0. The largest absolute Gasteiger partial charge is 0.394 e. The lowest BCUT2D eigenvalue weighted by Gasteiger charge is -2.14. The minimum absolute atomic E-state index is 0.365. The number of nitrogens with zero attached hydrogens (tertiary/aromatic N) is 1. The second-order valence-corrected chi connectivity index (χ2v) is 6.69. The molecule has 3 N–H and O–H groups in total. The van der Waals surface area contributed by atoms with Gasteiger partial charge in [0.15, 0.2) is 0 Å². The van der Waals surface area contributed by atoms with Crippen LogP contribution < -0.4 is 0 Å². The van der Waals surface area contributed by atoms with E-state index in [-0.39, 0.29) is 13.2 Å². The average molecular weight is 346 g/mol. The van der Waals surface area contributed by atoms with Gasteiger partial charge in [-0.15, -0.1) is 0 Å². The number of unbranched alkanes of at least 4 members (excludes halogenated alkanes) is 9. The molecule has 1 amide bonds. The highest BCUT2D eigenvalue weighted by Gasteiger charge is 2.18. The van der Waals surface area contributed by atoms with Gasteiger partial charge in [-0.1, -0.05) is 64.7 Å². The molecule has 1 rings (SSSR count). The van der Waals surface area contributed by atoms with Crippen LogP contribution in [0.1, 0.15) is 84.0 Å².